The molecule has 2 aromatic carbocycles. The van der Waals surface area contributed by atoms with Gasteiger partial charge in [-0.3, -0.25) is 4.79 Å². The van der Waals surface area contributed by atoms with Crippen LogP contribution < -0.4 is 11.4 Å². The topological polar surface area (TPSA) is 60.9 Å². The Bertz CT molecular complexity index is 863. The second-order valence-corrected chi connectivity index (χ2v) is 5.88. The number of nitrogen functional groups attached to an aromatic ring is 1. The van der Waals surface area contributed by atoms with E-state index in [1.807, 2.05) is 30.3 Å². The van der Waals surface area contributed by atoms with E-state index in [4.69, 9.17) is 17.4 Å². The van der Waals surface area contributed by atoms with E-state index in [0.29, 0.717) is 26.8 Å². The van der Waals surface area contributed by atoms with Crippen molar-refractivity contribution >= 4 is 34.3 Å². The lowest BCUT2D eigenvalue weighted by atomic mass is 10.2. The summed E-state index contributed by atoms with van der Waals surface area (Å²) in [5.74, 6) is 6.48. The maximum atomic E-state index is 12.2. The Morgan fingerprint density at radius 2 is 2.00 bits per heavy atom. The van der Waals surface area contributed by atoms with Crippen molar-refractivity contribution in [3.8, 4) is 0 Å². The second kappa shape index (κ2) is 5.79. The van der Waals surface area contributed by atoms with Gasteiger partial charge < -0.3 is 5.84 Å². The number of para-hydroxylation sites is 1. The first kappa shape index (κ1) is 14.0. The van der Waals surface area contributed by atoms with Crippen LogP contribution in [0, 0.1) is 0 Å². The van der Waals surface area contributed by atoms with Gasteiger partial charge in [0.25, 0.3) is 5.56 Å². The van der Waals surface area contributed by atoms with E-state index in [-0.39, 0.29) is 5.56 Å². The summed E-state index contributed by atoms with van der Waals surface area (Å²) < 4.78 is 1.09. The van der Waals surface area contributed by atoms with Crippen molar-refractivity contribution in [3.63, 3.8) is 0 Å². The highest BCUT2D eigenvalue weighted by Gasteiger charge is 2.09. The van der Waals surface area contributed by atoms with E-state index in [9.17, 15) is 4.79 Å². The molecule has 106 valence electrons. The standard InChI is InChI=1S/C15H12ClN3OS/c16-11-5-3-4-10(8-11)9-21-15-18-13-7-2-1-6-12(13)14(20)19(15)17/h1-8H,9,17H2. The van der Waals surface area contributed by atoms with Crippen molar-refractivity contribution in [3.05, 3.63) is 69.5 Å². The van der Waals surface area contributed by atoms with Crippen LogP contribution in [0.5, 0.6) is 0 Å². The van der Waals surface area contributed by atoms with Crippen molar-refractivity contribution in [2.75, 3.05) is 5.84 Å². The summed E-state index contributed by atoms with van der Waals surface area (Å²) in [6.07, 6.45) is 0. The van der Waals surface area contributed by atoms with Gasteiger partial charge in [-0.1, -0.05) is 47.6 Å². The summed E-state index contributed by atoms with van der Waals surface area (Å²) in [5, 5.41) is 1.69. The fourth-order valence-electron chi connectivity index (χ4n) is 2.00. The molecule has 1 aromatic heterocycles. The molecular formula is C15H12ClN3OS. The van der Waals surface area contributed by atoms with Gasteiger partial charge in [0.2, 0.25) is 0 Å². The quantitative estimate of drug-likeness (QED) is 0.458. The van der Waals surface area contributed by atoms with E-state index >= 15 is 0 Å². The predicted molar refractivity (Wildman–Crippen MR) is 87.2 cm³/mol. The molecule has 0 bridgehead atoms. The summed E-state index contributed by atoms with van der Waals surface area (Å²) in [6.45, 7) is 0. The van der Waals surface area contributed by atoms with Crippen LogP contribution in [0.25, 0.3) is 10.9 Å². The second-order valence-electron chi connectivity index (χ2n) is 4.51. The molecule has 0 radical (unpaired) electrons. The number of halogens is 1. The van der Waals surface area contributed by atoms with Gasteiger partial charge in [-0.2, -0.15) is 0 Å². The Labute approximate surface area is 130 Å². The van der Waals surface area contributed by atoms with E-state index in [1.54, 1.807) is 18.2 Å². The van der Waals surface area contributed by atoms with Gasteiger partial charge >= 0.3 is 0 Å². The summed E-state index contributed by atoms with van der Waals surface area (Å²) in [7, 11) is 0. The van der Waals surface area contributed by atoms with Crippen LogP contribution >= 0.6 is 23.4 Å². The number of hydrogen-bond acceptors (Lipinski definition) is 4. The number of thioether (sulfide) groups is 1. The Morgan fingerprint density at radius 3 is 2.81 bits per heavy atom. The molecule has 3 aromatic rings. The number of nitrogens with zero attached hydrogens (tertiary/aromatic N) is 2. The third-order valence-electron chi connectivity index (χ3n) is 3.03. The Kier molecular flexibility index (Phi) is 3.86. The van der Waals surface area contributed by atoms with E-state index in [2.05, 4.69) is 4.98 Å². The lowest BCUT2D eigenvalue weighted by Crippen LogP contribution is -2.29. The van der Waals surface area contributed by atoms with E-state index in [0.717, 1.165) is 10.2 Å². The highest BCUT2D eigenvalue weighted by atomic mass is 35.5. The van der Waals surface area contributed by atoms with Gasteiger partial charge in [0.15, 0.2) is 5.16 Å². The lowest BCUT2D eigenvalue weighted by Gasteiger charge is -2.08. The minimum atomic E-state index is -0.241. The zero-order valence-electron chi connectivity index (χ0n) is 11.0. The monoisotopic (exact) mass is 317 g/mol. The van der Waals surface area contributed by atoms with Crippen molar-refractivity contribution in [2.24, 2.45) is 0 Å². The number of fused-ring (bicyclic) bond motifs is 1. The van der Waals surface area contributed by atoms with Crippen LogP contribution in [-0.2, 0) is 5.75 Å². The fraction of sp³-hybridized carbons (Fsp3) is 0.0667. The average molecular weight is 318 g/mol. The Hall–Kier alpha value is -1.98. The first-order valence-corrected chi connectivity index (χ1v) is 7.65. The molecule has 21 heavy (non-hydrogen) atoms. The molecule has 0 spiro atoms. The van der Waals surface area contributed by atoms with Crippen LogP contribution in [0.3, 0.4) is 0 Å². The molecule has 0 unspecified atom stereocenters. The van der Waals surface area contributed by atoms with Crippen LogP contribution in [0.2, 0.25) is 5.02 Å². The minimum absolute atomic E-state index is 0.241. The molecule has 1 heterocycles. The lowest BCUT2D eigenvalue weighted by molar-refractivity contribution is 0.779. The molecule has 0 fully saturated rings. The average Bonchev–Trinajstić information content (AvgIpc) is 2.50. The van der Waals surface area contributed by atoms with Crippen LogP contribution in [0.1, 0.15) is 5.56 Å². The van der Waals surface area contributed by atoms with Gasteiger partial charge in [-0.05, 0) is 29.8 Å². The largest absolute Gasteiger partial charge is 0.334 e. The summed E-state index contributed by atoms with van der Waals surface area (Å²) in [4.78, 5) is 16.6. The molecule has 0 saturated carbocycles. The Balaban J connectivity index is 1.94. The molecule has 4 nitrogen and oxygen atoms in total. The van der Waals surface area contributed by atoms with Gasteiger partial charge in [-0.25, -0.2) is 9.66 Å². The number of benzene rings is 2. The Morgan fingerprint density at radius 1 is 1.19 bits per heavy atom. The highest BCUT2D eigenvalue weighted by molar-refractivity contribution is 7.98. The van der Waals surface area contributed by atoms with Gasteiger partial charge in [0.05, 0.1) is 10.9 Å². The molecule has 2 N–H and O–H groups in total. The molecule has 0 amide bonds. The van der Waals surface area contributed by atoms with Crippen molar-refractivity contribution < 1.29 is 0 Å². The van der Waals surface area contributed by atoms with Crippen LogP contribution in [0.15, 0.2) is 58.5 Å². The molecule has 0 aliphatic heterocycles. The van der Waals surface area contributed by atoms with Crippen molar-refractivity contribution in [1.82, 2.24) is 9.66 Å². The third kappa shape index (κ3) is 2.89. The summed E-state index contributed by atoms with van der Waals surface area (Å²) >= 11 is 7.36. The predicted octanol–water partition coefficient (Wildman–Crippen LogP) is 3.06. The highest BCUT2D eigenvalue weighted by Crippen LogP contribution is 2.22. The first-order chi connectivity index (χ1) is 10.1. The smallest absolute Gasteiger partial charge is 0.280 e. The molecular weight excluding hydrogens is 306 g/mol. The third-order valence-corrected chi connectivity index (χ3v) is 4.29. The zero-order chi connectivity index (χ0) is 14.8. The fourth-order valence-corrected chi connectivity index (χ4v) is 3.08. The summed E-state index contributed by atoms with van der Waals surface area (Å²) in [6, 6.07) is 14.7. The van der Waals surface area contributed by atoms with E-state index in [1.165, 1.54) is 11.8 Å². The first-order valence-electron chi connectivity index (χ1n) is 6.29. The number of rotatable bonds is 3. The number of hydrogen-bond donors (Lipinski definition) is 1. The molecule has 0 saturated heterocycles. The van der Waals surface area contributed by atoms with Gasteiger partial charge in [0.1, 0.15) is 0 Å². The molecule has 0 aliphatic carbocycles. The minimum Gasteiger partial charge on any atom is -0.334 e. The van der Waals surface area contributed by atoms with Crippen molar-refractivity contribution in [2.45, 2.75) is 10.9 Å². The molecule has 6 heteroatoms. The SMILES string of the molecule is Nn1c(SCc2cccc(Cl)c2)nc2ccccc2c1=O. The number of nitrogens with two attached hydrogens (primary N) is 1. The number of aromatic nitrogens is 2. The van der Waals surface area contributed by atoms with Gasteiger partial charge in [0, 0.05) is 10.8 Å². The van der Waals surface area contributed by atoms with E-state index < -0.39 is 0 Å². The van der Waals surface area contributed by atoms with Crippen molar-refractivity contribution in [1.29, 1.82) is 0 Å². The summed E-state index contributed by atoms with van der Waals surface area (Å²) in [5.41, 5.74) is 1.46. The van der Waals surface area contributed by atoms with Gasteiger partial charge in [-0.15, -0.1) is 0 Å². The molecule has 3 rings (SSSR count). The van der Waals surface area contributed by atoms with Crippen LogP contribution in [-0.4, -0.2) is 9.66 Å². The molecule has 0 aliphatic rings. The molecule has 0 atom stereocenters. The maximum Gasteiger partial charge on any atom is 0.280 e. The van der Waals surface area contributed by atoms with Crippen LogP contribution in [0.4, 0.5) is 0 Å². The normalized spacial score (nSPS) is 10.9. The zero-order valence-corrected chi connectivity index (χ0v) is 12.6. The maximum absolute atomic E-state index is 12.2.